The molecular formula is C10H14BrClN2. The molecule has 4 heteroatoms. The Labute approximate surface area is 98.0 Å². The van der Waals surface area contributed by atoms with Gasteiger partial charge in [0.2, 0.25) is 0 Å². The quantitative estimate of drug-likeness (QED) is 0.862. The van der Waals surface area contributed by atoms with Crippen molar-refractivity contribution in [3.8, 4) is 0 Å². The fourth-order valence-corrected chi connectivity index (χ4v) is 2.08. The van der Waals surface area contributed by atoms with Gasteiger partial charge in [-0.15, -0.1) is 0 Å². The Bertz CT molecular complexity index is 326. The van der Waals surface area contributed by atoms with Crippen LogP contribution < -0.4 is 5.73 Å². The Hall–Kier alpha value is -0.120. The summed E-state index contributed by atoms with van der Waals surface area (Å²) in [5.41, 5.74) is 6.58. The highest BCUT2D eigenvalue weighted by Crippen LogP contribution is 2.32. The van der Waals surface area contributed by atoms with Crippen LogP contribution in [0.1, 0.15) is 25.8 Å². The van der Waals surface area contributed by atoms with Gasteiger partial charge in [-0.1, -0.05) is 25.4 Å². The molecule has 1 rings (SSSR count). The third kappa shape index (κ3) is 2.69. The van der Waals surface area contributed by atoms with Crippen LogP contribution in [0.3, 0.4) is 0 Å². The van der Waals surface area contributed by atoms with Gasteiger partial charge in [-0.2, -0.15) is 0 Å². The lowest BCUT2D eigenvalue weighted by molar-refractivity contribution is 0.486. The third-order valence-electron chi connectivity index (χ3n) is 2.30. The largest absolute Gasteiger partial charge is 0.330 e. The molecule has 0 bridgehead atoms. The van der Waals surface area contributed by atoms with E-state index in [0.717, 1.165) is 16.5 Å². The molecule has 0 atom stereocenters. The zero-order chi connectivity index (χ0) is 10.8. The van der Waals surface area contributed by atoms with Crippen molar-refractivity contribution in [2.24, 2.45) is 5.73 Å². The summed E-state index contributed by atoms with van der Waals surface area (Å²) in [7, 11) is 0. The number of nitrogens with zero attached hydrogens (tertiary/aromatic N) is 1. The van der Waals surface area contributed by atoms with Gasteiger partial charge in [0.15, 0.2) is 0 Å². The molecular weight excluding hydrogens is 263 g/mol. The maximum atomic E-state index is 6.04. The summed E-state index contributed by atoms with van der Waals surface area (Å²) in [6, 6.07) is 2.00. The van der Waals surface area contributed by atoms with Crippen molar-refractivity contribution >= 4 is 27.5 Å². The minimum atomic E-state index is -0.0252. The predicted molar refractivity (Wildman–Crippen MR) is 63.6 cm³/mol. The van der Waals surface area contributed by atoms with E-state index in [1.54, 1.807) is 6.20 Å². The van der Waals surface area contributed by atoms with Crippen molar-refractivity contribution in [2.45, 2.75) is 25.7 Å². The molecule has 1 heterocycles. The van der Waals surface area contributed by atoms with Crippen molar-refractivity contribution in [2.75, 3.05) is 6.54 Å². The normalized spacial score (nSPS) is 11.8. The van der Waals surface area contributed by atoms with Crippen LogP contribution in [0.2, 0.25) is 5.15 Å². The van der Waals surface area contributed by atoms with Gasteiger partial charge in [0.25, 0.3) is 0 Å². The number of pyridine rings is 1. The van der Waals surface area contributed by atoms with E-state index in [9.17, 15) is 0 Å². The number of nitrogens with two attached hydrogens (primary N) is 1. The second kappa shape index (κ2) is 4.60. The van der Waals surface area contributed by atoms with Gasteiger partial charge in [-0.25, -0.2) is 4.98 Å². The molecule has 0 radical (unpaired) electrons. The lowest BCUT2D eigenvalue weighted by atomic mass is 9.82. The summed E-state index contributed by atoms with van der Waals surface area (Å²) in [5.74, 6) is 0. The zero-order valence-electron chi connectivity index (χ0n) is 8.35. The lowest BCUT2D eigenvalue weighted by Gasteiger charge is -2.25. The second-order valence-electron chi connectivity index (χ2n) is 3.91. The van der Waals surface area contributed by atoms with Crippen molar-refractivity contribution in [1.82, 2.24) is 4.98 Å². The molecule has 1 aromatic heterocycles. The van der Waals surface area contributed by atoms with E-state index >= 15 is 0 Å². The summed E-state index contributed by atoms with van der Waals surface area (Å²) in [6.07, 6.45) is 2.59. The van der Waals surface area contributed by atoms with Crippen LogP contribution in [-0.2, 0) is 5.41 Å². The SMILES string of the molecule is CC(C)(CCN)c1cc(Br)cnc1Cl. The number of halogens is 2. The Kier molecular flexibility index (Phi) is 3.93. The summed E-state index contributed by atoms with van der Waals surface area (Å²) < 4.78 is 0.946. The molecule has 2 N–H and O–H groups in total. The lowest BCUT2D eigenvalue weighted by Crippen LogP contribution is -2.22. The van der Waals surface area contributed by atoms with E-state index < -0.39 is 0 Å². The Morgan fingerprint density at radius 1 is 1.57 bits per heavy atom. The molecule has 0 spiro atoms. The Morgan fingerprint density at radius 3 is 2.79 bits per heavy atom. The summed E-state index contributed by atoms with van der Waals surface area (Å²) in [5, 5.41) is 0.562. The van der Waals surface area contributed by atoms with Gasteiger partial charge in [-0.05, 0) is 45.9 Å². The predicted octanol–water partition coefficient (Wildman–Crippen LogP) is 3.12. The molecule has 0 saturated carbocycles. The zero-order valence-corrected chi connectivity index (χ0v) is 10.7. The number of rotatable bonds is 3. The topological polar surface area (TPSA) is 38.9 Å². The smallest absolute Gasteiger partial charge is 0.132 e. The van der Waals surface area contributed by atoms with Gasteiger partial charge in [0.05, 0.1) is 0 Å². The van der Waals surface area contributed by atoms with E-state index in [2.05, 4.69) is 34.8 Å². The first-order valence-electron chi connectivity index (χ1n) is 4.49. The molecule has 0 saturated heterocycles. The standard InChI is InChI=1S/C10H14BrClN2/c1-10(2,3-4-13)8-5-7(11)6-14-9(8)12/h5-6H,3-4,13H2,1-2H3. The van der Waals surface area contributed by atoms with Gasteiger partial charge in [0, 0.05) is 10.7 Å². The maximum absolute atomic E-state index is 6.04. The molecule has 78 valence electrons. The molecule has 2 nitrogen and oxygen atoms in total. The van der Waals surface area contributed by atoms with Crippen molar-refractivity contribution in [3.63, 3.8) is 0 Å². The monoisotopic (exact) mass is 276 g/mol. The average Bonchev–Trinajstić information content (AvgIpc) is 2.09. The highest BCUT2D eigenvalue weighted by molar-refractivity contribution is 9.10. The average molecular weight is 278 g/mol. The molecule has 14 heavy (non-hydrogen) atoms. The van der Waals surface area contributed by atoms with E-state index in [-0.39, 0.29) is 5.41 Å². The van der Waals surface area contributed by atoms with Crippen molar-refractivity contribution < 1.29 is 0 Å². The fourth-order valence-electron chi connectivity index (χ4n) is 1.39. The van der Waals surface area contributed by atoms with Crippen LogP contribution in [0.15, 0.2) is 16.7 Å². The van der Waals surface area contributed by atoms with Crippen LogP contribution in [0.4, 0.5) is 0 Å². The minimum Gasteiger partial charge on any atom is -0.330 e. The summed E-state index contributed by atoms with van der Waals surface area (Å²) in [6.45, 7) is 4.89. The molecule has 0 aromatic carbocycles. The van der Waals surface area contributed by atoms with Gasteiger partial charge >= 0.3 is 0 Å². The van der Waals surface area contributed by atoms with E-state index in [0.29, 0.717) is 11.7 Å². The molecule has 0 aliphatic carbocycles. The van der Waals surface area contributed by atoms with E-state index in [4.69, 9.17) is 17.3 Å². The molecule has 0 unspecified atom stereocenters. The van der Waals surface area contributed by atoms with Crippen LogP contribution in [0.5, 0.6) is 0 Å². The van der Waals surface area contributed by atoms with Crippen LogP contribution in [-0.4, -0.2) is 11.5 Å². The number of hydrogen-bond donors (Lipinski definition) is 1. The first kappa shape index (κ1) is 12.0. The number of aromatic nitrogens is 1. The Balaban J connectivity index is 3.10. The van der Waals surface area contributed by atoms with Crippen molar-refractivity contribution in [1.29, 1.82) is 0 Å². The molecule has 0 fully saturated rings. The summed E-state index contributed by atoms with van der Waals surface area (Å²) in [4.78, 5) is 4.10. The molecule has 0 aliphatic rings. The third-order valence-corrected chi connectivity index (χ3v) is 3.04. The first-order valence-corrected chi connectivity index (χ1v) is 5.66. The first-order chi connectivity index (χ1) is 6.47. The summed E-state index contributed by atoms with van der Waals surface area (Å²) >= 11 is 9.43. The van der Waals surface area contributed by atoms with Gasteiger partial charge in [0.1, 0.15) is 5.15 Å². The van der Waals surface area contributed by atoms with E-state index in [1.165, 1.54) is 0 Å². The minimum absolute atomic E-state index is 0.0252. The fraction of sp³-hybridized carbons (Fsp3) is 0.500. The molecule has 0 aliphatic heterocycles. The number of hydrogen-bond acceptors (Lipinski definition) is 2. The Morgan fingerprint density at radius 2 is 2.21 bits per heavy atom. The van der Waals surface area contributed by atoms with Crippen LogP contribution in [0, 0.1) is 0 Å². The van der Waals surface area contributed by atoms with Crippen LogP contribution >= 0.6 is 27.5 Å². The highest BCUT2D eigenvalue weighted by atomic mass is 79.9. The van der Waals surface area contributed by atoms with E-state index in [1.807, 2.05) is 6.07 Å². The molecule has 0 amide bonds. The second-order valence-corrected chi connectivity index (χ2v) is 5.19. The molecule has 1 aromatic rings. The van der Waals surface area contributed by atoms with Gasteiger partial charge in [-0.3, -0.25) is 0 Å². The van der Waals surface area contributed by atoms with Crippen molar-refractivity contribution in [3.05, 3.63) is 27.5 Å². The van der Waals surface area contributed by atoms with Gasteiger partial charge < -0.3 is 5.73 Å². The highest BCUT2D eigenvalue weighted by Gasteiger charge is 2.23. The van der Waals surface area contributed by atoms with Crippen LogP contribution in [0.25, 0.3) is 0 Å². The maximum Gasteiger partial charge on any atom is 0.132 e.